The Hall–Kier alpha value is -2.10. The van der Waals surface area contributed by atoms with Crippen molar-refractivity contribution in [1.82, 2.24) is 0 Å². The van der Waals surface area contributed by atoms with Crippen LogP contribution in [0, 0.1) is 23.7 Å². The van der Waals surface area contributed by atoms with E-state index < -0.39 is 17.8 Å². The van der Waals surface area contributed by atoms with Gasteiger partial charge in [0.15, 0.2) is 0 Å². The van der Waals surface area contributed by atoms with Crippen molar-refractivity contribution in [3.05, 3.63) is 41.5 Å². The molecule has 0 saturated heterocycles. The number of aryl methyl sites for hydroxylation is 2. The predicted molar refractivity (Wildman–Crippen MR) is 89.2 cm³/mol. The Morgan fingerprint density at radius 3 is 2.17 bits per heavy atom. The quantitative estimate of drug-likeness (QED) is 0.820. The number of anilines is 1. The average Bonchev–Trinajstić information content (AvgIpc) is 3.15. The van der Waals surface area contributed by atoms with Gasteiger partial charge in [-0.1, -0.05) is 44.2 Å². The van der Waals surface area contributed by atoms with E-state index in [9.17, 15) is 14.7 Å². The molecule has 2 bridgehead atoms. The largest absolute Gasteiger partial charge is 0.481 e. The van der Waals surface area contributed by atoms with E-state index >= 15 is 0 Å². The predicted octanol–water partition coefficient (Wildman–Crippen LogP) is 3.27. The third kappa shape index (κ3) is 2.67. The summed E-state index contributed by atoms with van der Waals surface area (Å²) in [4.78, 5) is 24.4. The first-order chi connectivity index (χ1) is 11.1. The van der Waals surface area contributed by atoms with Gasteiger partial charge in [-0.25, -0.2) is 0 Å². The van der Waals surface area contributed by atoms with Gasteiger partial charge in [-0.3, -0.25) is 9.59 Å². The molecule has 0 spiro atoms. The number of carboxylic acids is 1. The molecule has 4 atom stereocenters. The van der Waals surface area contributed by atoms with Gasteiger partial charge >= 0.3 is 5.97 Å². The van der Waals surface area contributed by atoms with Gasteiger partial charge < -0.3 is 10.4 Å². The van der Waals surface area contributed by atoms with Gasteiger partial charge in [-0.05, 0) is 42.2 Å². The summed E-state index contributed by atoms with van der Waals surface area (Å²) in [5, 5.41) is 12.6. The third-order valence-corrected chi connectivity index (χ3v) is 5.29. The van der Waals surface area contributed by atoms with Crippen LogP contribution < -0.4 is 5.32 Å². The highest BCUT2D eigenvalue weighted by molar-refractivity contribution is 5.97. The highest BCUT2D eigenvalue weighted by Gasteiger charge is 2.51. The number of allylic oxidation sites excluding steroid dienone is 2. The minimum atomic E-state index is -0.860. The van der Waals surface area contributed by atoms with Crippen LogP contribution in [0.4, 0.5) is 5.69 Å². The number of aliphatic carboxylic acids is 1. The normalized spacial score (nSPS) is 28.1. The lowest BCUT2D eigenvalue weighted by Crippen LogP contribution is -2.36. The van der Waals surface area contributed by atoms with Crippen LogP contribution >= 0.6 is 0 Å². The molecular formula is C19H23NO3. The van der Waals surface area contributed by atoms with Crippen LogP contribution in [0.25, 0.3) is 0 Å². The Labute approximate surface area is 136 Å². The molecule has 2 N–H and O–H groups in total. The summed E-state index contributed by atoms with van der Waals surface area (Å²) in [5.74, 6) is -2.01. The second-order valence-electron chi connectivity index (χ2n) is 6.49. The number of carboxylic acid groups (broad SMARTS) is 1. The van der Waals surface area contributed by atoms with Crippen molar-refractivity contribution in [2.24, 2.45) is 23.7 Å². The van der Waals surface area contributed by atoms with E-state index in [0.717, 1.165) is 36.1 Å². The highest BCUT2D eigenvalue weighted by Crippen LogP contribution is 2.48. The number of benzene rings is 1. The van der Waals surface area contributed by atoms with Gasteiger partial charge in [0.2, 0.25) is 5.91 Å². The number of amides is 1. The van der Waals surface area contributed by atoms with E-state index in [-0.39, 0.29) is 17.7 Å². The molecule has 0 unspecified atom stereocenters. The number of nitrogens with one attached hydrogen (secondary N) is 1. The maximum atomic E-state index is 12.8. The third-order valence-electron chi connectivity index (χ3n) is 5.29. The summed E-state index contributed by atoms with van der Waals surface area (Å²) in [6.07, 6.45) is 6.43. The number of hydrogen-bond acceptors (Lipinski definition) is 2. The van der Waals surface area contributed by atoms with Crippen LogP contribution in [0.15, 0.2) is 30.4 Å². The SMILES string of the molecule is CCc1cccc(CC)c1NC(=O)[C@@H]1[C@@H](C(=O)O)[C@H]2C=C[C@@H]1C2. The molecule has 1 aromatic carbocycles. The zero-order valence-electron chi connectivity index (χ0n) is 13.6. The number of rotatable bonds is 5. The second kappa shape index (κ2) is 6.19. The lowest BCUT2D eigenvalue weighted by atomic mass is 9.82. The van der Waals surface area contributed by atoms with Crippen LogP contribution in [0.1, 0.15) is 31.4 Å². The fraction of sp³-hybridized carbons (Fsp3) is 0.474. The molecule has 0 aliphatic heterocycles. The molecule has 3 rings (SSSR count). The van der Waals surface area contributed by atoms with E-state index in [4.69, 9.17) is 0 Å². The molecule has 2 aliphatic carbocycles. The van der Waals surface area contributed by atoms with Gasteiger partial charge in [0.05, 0.1) is 11.8 Å². The number of para-hydroxylation sites is 1. The van der Waals surface area contributed by atoms with E-state index in [1.165, 1.54) is 0 Å². The smallest absolute Gasteiger partial charge is 0.307 e. The highest BCUT2D eigenvalue weighted by atomic mass is 16.4. The molecule has 122 valence electrons. The fourth-order valence-corrected chi connectivity index (χ4v) is 4.13. The molecule has 2 aliphatic rings. The molecule has 4 nitrogen and oxygen atoms in total. The number of carbonyl (C=O) groups excluding carboxylic acids is 1. The summed E-state index contributed by atoms with van der Waals surface area (Å²) >= 11 is 0. The average molecular weight is 313 g/mol. The molecule has 0 aromatic heterocycles. The first-order valence-electron chi connectivity index (χ1n) is 8.39. The zero-order valence-corrected chi connectivity index (χ0v) is 13.6. The molecular weight excluding hydrogens is 290 g/mol. The van der Waals surface area contributed by atoms with Crippen molar-refractivity contribution in [2.45, 2.75) is 33.1 Å². The molecule has 23 heavy (non-hydrogen) atoms. The summed E-state index contributed by atoms with van der Waals surface area (Å²) in [7, 11) is 0. The van der Waals surface area contributed by atoms with Crippen molar-refractivity contribution in [3.63, 3.8) is 0 Å². The number of fused-ring (bicyclic) bond motifs is 2. The summed E-state index contributed by atoms with van der Waals surface area (Å²) in [5.41, 5.74) is 3.07. The van der Waals surface area contributed by atoms with E-state index in [1.807, 2.05) is 30.4 Å². The Balaban J connectivity index is 1.88. The van der Waals surface area contributed by atoms with Crippen molar-refractivity contribution in [1.29, 1.82) is 0 Å². The molecule has 4 heteroatoms. The molecule has 0 radical (unpaired) electrons. The maximum Gasteiger partial charge on any atom is 0.307 e. The minimum Gasteiger partial charge on any atom is -0.481 e. The Morgan fingerprint density at radius 1 is 1.09 bits per heavy atom. The van der Waals surface area contributed by atoms with Crippen LogP contribution in [-0.4, -0.2) is 17.0 Å². The van der Waals surface area contributed by atoms with Crippen molar-refractivity contribution in [3.8, 4) is 0 Å². The van der Waals surface area contributed by atoms with Crippen LogP contribution in [-0.2, 0) is 22.4 Å². The number of hydrogen-bond donors (Lipinski definition) is 2. The van der Waals surface area contributed by atoms with Gasteiger partial charge in [0.25, 0.3) is 0 Å². The van der Waals surface area contributed by atoms with Gasteiger partial charge in [-0.15, -0.1) is 0 Å². The van der Waals surface area contributed by atoms with E-state index in [2.05, 4.69) is 19.2 Å². The molecule has 1 saturated carbocycles. The summed E-state index contributed by atoms with van der Waals surface area (Å²) in [6.45, 7) is 4.12. The Kier molecular flexibility index (Phi) is 4.24. The second-order valence-corrected chi connectivity index (χ2v) is 6.49. The standard InChI is InChI=1S/C19H23NO3/c1-3-11-6-5-7-12(4-2)17(11)20-18(21)15-13-8-9-14(10-13)16(15)19(22)23/h5-9,13-16H,3-4,10H2,1-2H3,(H,20,21)(H,22,23)/t13-,14+,15+,16+/m1/s1. The van der Waals surface area contributed by atoms with Crippen LogP contribution in [0.2, 0.25) is 0 Å². The maximum absolute atomic E-state index is 12.8. The number of carbonyl (C=O) groups is 2. The minimum absolute atomic E-state index is 0.000291. The summed E-state index contributed by atoms with van der Waals surface area (Å²) in [6, 6.07) is 6.04. The zero-order chi connectivity index (χ0) is 16.6. The van der Waals surface area contributed by atoms with Gasteiger partial charge in [0.1, 0.15) is 0 Å². The summed E-state index contributed by atoms with van der Waals surface area (Å²) < 4.78 is 0. The van der Waals surface area contributed by atoms with Crippen molar-refractivity contribution >= 4 is 17.6 Å². The Morgan fingerprint density at radius 2 is 1.65 bits per heavy atom. The first kappa shape index (κ1) is 15.8. The monoisotopic (exact) mass is 313 g/mol. The molecule has 0 heterocycles. The van der Waals surface area contributed by atoms with Gasteiger partial charge in [-0.2, -0.15) is 0 Å². The fourth-order valence-electron chi connectivity index (χ4n) is 4.13. The first-order valence-corrected chi connectivity index (χ1v) is 8.39. The molecule has 1 amide bonds. The van der Waals surface area contributed by atoms with Crippen LogP contribution in [0.5, 0.6) is 0 Å². The topological polar surface area (TPSA) is 66.4 Å². The molecule has 1 aromatic rings. The van der Waals surface area contributed by atoms with Crippen LogP contribution in [0.3, 0.4) is 0 Å². The van der Waals surface area contributed by atoms with Crippen molar-refractivity contribution in [2.75, 3.05) is 5.32 Å². The van der Waals surface area contributed by atoms with Gasteiger partial charge in [0, 0.05) is 5.69 Å². The van der Waals surface area contributed by atoms with E-state index in [0.29, 0.717) is 0 Å². The Bertz CT molecular complexity index is 642. The molecule has 1 fully saturated rings. The lowest BCUT2D eigenvalue weighted by Gasteiger charge is -2.25. The van der Waals surface area contributed by atoms with E-state index in [1.54, 1.807) is 0 Å². The lowest BCUT2D eigenvalue weighted by molar-refractivity contribution is -0.146. The van der Waals surface area contributed by atoms with Crippen molar-refractivity contribution < 1.29 is 14.7 Å².